The van der Waals surface area contributed by atoms with E-state index in [1.54, 1.807) is 41.3 Å². The lowest BCUT2D eigenvalue weighted by Crippen LogP contribution is -2.24. The number of nitrogens with one attached hydrogen (secondary N) is 2. The van der Waals surface area contributed by atoms with Gasteiger partial charge < -0.3 is 10.2 Å². The van der Waals surface area contributed by atoms with E-state index in [1.165, 1.54) is 11.3 Å². The van der Waals surface area contributed by atoms with Crippen LogP contribution in [0.1, 0.15) is 54.4 Å². The van der Waals surface area contributed by atoms with E-state index in [0.29, 0.717) is 39.4 Å². The normalized spacial score (nSPS) is 15.5. The number of hydrogen-bond acceptors (Lipinski definition) is 6. The largest absolute Gasteiger partial charge is 0.326 e. The molecule has 1 fully saturated rings. The maximum Gasteiger partial charge on any atom is 0.257 e. The minimum atomic E-state index is -0.323. The molecule has 2 N–H and O–H groups in total. The van der Waals surface area contributed by atoms with Crippen molar-refractivity contribution in [3.8, 4) is 0 Å². The Hall–Kier alpha value is -3.30. The predicted molar refractivity (Wildman–Crippen MR) is 138 cm³/mol. The Morgan fingerprint density at radius 1 is 1.06 bits per heavy atom. The van der Waals surface area contributed by atoms with Gasteiger partial charge in [0.2, 0.25) is 16.9 Å². The molecular formula is C25H26ClN5O3S. The average molecular weight is 512 g/mol. The van der Waals surface area contributed by atoms with Crippen LogP contribution in [0.3, 0.4) is 0 Å². The Kier molecular flexibility index (Phi) is 7.77. The first-order valence-electron chi connectivity index (χ1n) is 11.5. The van der Waals surface area contributed by atoms with Crippen molar-refractivity contribution in [1.29, 1.82) is 0 Å². The van der Waals surface area contributed by atoms with E-state index in [9.17, 15) is 14.4 Å². The summed E-state index contributed by atoms with van der Waals surface area (Å²) in [4.78, 5) is 39.2. The second kappa shape index (κ2) is 11.0. The van der Waals surface area contributed by atoms with Crippen LogP contribution in [-0.4, -0.2) is 34.5 Å². The fraction of sp³-hybridized carbons (Fsp3) is 0.320. The van der Waals surface area contributed by atoms with Crippen LogP contribution in [0.2, 0.25) is 5.02 Å². The average Bonchev–Trinajstić information content (AvgIpc) is 3.47. The standard InChI is InChI=1S/C25H26ClN5O3S/c1-3-15(4-2)22(33)27-19-9-5-16(6-10-19)23(34)28-25-30-29-24(35-25)17-13-21(32)31(14-17)20-11-7-18(26)8-12-20/h5-12,15,17H,3-4,13-14H2,1-2H3,(H,27,33)(H,28,30,34). The Bertz CT molecular complexity index is 1210. The lowest BCUT2D eigenvalue weighted by atomic mass is 10.0. The Labute approximate surface area is 212 Å². The molecule has 1 unspecified atom stereocenters. The zero-order valence-electron chi connectivity index (χ0n) is 19.5. The zero-order chi connectivity index (χ0) is 24.9. The van der Waals surface area contributed by atoms with Crippen molar-refractivity contribution < 1.29 is 14.4 Å². The van der Waals surface area contributed by atoms with Gasteiger partial charge in [-0.15, -0.1) is 10.2 Å². The summed E-state index contributed by atoms with van der Waals surface area (Å²) < 4.78 is 0. The van der Waals surface area contributed by atoms with Crippen LogP contribution in [0.15, 0.2) is 48.5 Å². The highest BCUT2D eigenvalue weighted by Crippen LogP contribution is 2.34. The molecule has 2 aromatic carbocycles. The van der Waals surface area contributed by atoms with Crippen LogP contribution in [-0.2, 0) is 9.59 Å². The van der Waals surface area contributed by atoms with E-state index in [1.807, 2.05) is 26.0 Å². The third-order valence-electron chi connectivity index (χ3n) is 6.04. The molecule has 182 valence electrons. The Morgan fingerprint density at radius 2 is 1.74 bits per heavy atom. The third-order valence-corrected chi connectivity index (χ3v) is 7.30. The minimum Gasteiger partial charge on any atom is -0.326 e. The fourth-order valence-corrected chi connectivity index (χ4v) is 4.93. The van der Waals surface area contributed by atoms with Crippen molar-refractivity contribution in [2.45, 2.75) is 39.0 Å². The number of carbonyl (C=O) groups excluding carboxylic acids is 3. The number of rotatable bonds is 8. The number of benzene rings is 2. The molecule has 0 saturated carbocycles. The first-order valence-corrected chi connectivity index (χ1v) is 12.7. The molecule has 3 aromatic rings. The molecule has 1 aliphatic heterocycles. The summed E-state index contributed by atoms with van der Waals surface area (Å²) in [6.07, 6.45) is 1.89. The number of carbonyl (C=O) groups is 3. The highest BCUT2D eigenvalue weighted by Gasteiger charge is 2.34. The predicted octanol–water partition coefficient (Wildman–Crippen LogP) is 5.34. The summed E-state index contributed by atoms with van der Waals surface area (Å²) in [7, 11) is 0. The van der Waals surface area contributed by atoms with E-state index >= 15 is 0 Å². The van der Waals surface area contributed by atoms with E-state index in [-0.39, 0.29) is 29.6 Å². The van der Waals surface area contributed by atoms with Crippen LogP contribution >= 0.6 is 22.9 Å². The van der Waals surface area contributed by atoms with Gasteiger partial charge in [-0.2, -0.15) is 0 Å². The summed E-state index contributed by atoms with van der Waals surface area (Å²) >= 11 is 7.21. The van der Waals surface area contributed by atoms with E-state index in [4.69, 9.17) is 11.6 Å². The van der Waals surface area contributed by atoms with Crippen molar-refractivity contribution in [1.82, 2.24) is 10.2 Å². The Morgan fingerprint density at radius 3 is 2.40 bits per heavy atom. The van der Waals surface area contributed by atoms with Gasteiger partial charge in [0.05, 0.1) is 0 Å². The number of halogens is 1. The summed E-state index contributed by atoms with van der Waals surface area (Å²) in [5.41, 5.74) is 1.87. The smallest absolute Gasteiger partial charge is 0.257 e. The highest BCUT2D eigenvalue weighted by atomic mass is 35.5. The quantitative estimate of drug-likeness (QED) is 0.425. The minimum absolute atomic E-state index is 0.00878. The van der Waals surface area contributed by atoms with Crippen molar-refractivity contribution in [2.24, 2.45) is 5.92 Å². The molecule has 3 amide bonds. The monoisotopic (exact) mass is 511 g/mol. The van der Waals surface area contributed by atoms with Gasteiger partial charge >= 0.3 is 0 Å². The molecule has 10 heteroatoms. The van der Waals surface area contributed by atoms with Crippen LogP contribution < -0.4 is 15.5 Å². The van der Waals surface area contributed by atoms with E-state index in [0.717, 1.165) is 18.5 Å². The molecule has 2 heterocycles. The van der Waals surface area contributed by atoms with Gasteiger partial charge in [-0.05, 0) is 61.4 Å². The van der Waals surface area contributed by atoms with Crippen molar-refractivity contribution in [2.75, 3.05) is 22.1 Å². The molecule has 4 rings (SSSR count). The van der Waals surface area contributed by atoms with E-state index < -0.39 is 0 Å². The molecule has 1 saturated heterocycles. The van der Waals surface area contributed by atoms with E-state index in [2.05, 4.69) is 20.8 Å². The van der Waals surface area contributed by atoms with Gasteiger partial charge in [0.15, 0.2) is 0 Å². The summed E-state index contributed by atoms with van der Waals surface area (Å²) in [6.45, 7) is 4.47. The number of amides is 3. The first-order chi connectivity index (χ1) is 16.9. The van der Waals surface area contributed by atoms with Gasteiger partial charge in [-0.1, -0.05) is 36.8 Å². The van der Waals surface area contributed by atoms with Crippen LogP contribution in [0.25, 0.3) is 0 Å². The maximum atomic E-state index is 12.7. The number of anilines is 3. The Balaban J connectivity index is 1.35. The van der Waals surface area contributed by atoms with Crippen molar-refractivity contribution >= 4 is 57.2 Å². The topological polar surface area (TPSA) is 104 Å². The first kappa shape index (κ1) is 24.8. The van der Waals surface area contributed by atoms with Crippen LogP contribution in [0, 0.1) is 5.92 Å². The summed E-state index contributed by atoms with van der Waals surface area (Å²) in [6, 6.07) is 13.9. The van der Waals surface area contributed by atoms with Crippen molar-refractivity contribution in [3.05, 3.63) is 64.1 Å². The molecule has 35 heavy (non-hydrogen) atoms. The van der Waals surface area contributed by atoms with Gasteiger partial charge in [-0.3, -0.25) is 19.7 Å². The summed E-state index contributed by atoms with van der Waals surface area (Å²) in [5.74, 6) is -0.462. The molecule has 1 aliphatic rings. The zero-order valence-corrected chi connectivity index (χ0v) is 21.0. The molecule has 1 atom stereocenters. The van der Waals surface area contributed by atoms with Crippen molar-refractivity contribution in [3.63, 3.8) is 0 Å². The molecule has 1 aromatic heterocycles. The number of hydrogen-bond donors (Lipinski definition) is 2. The second-order valence-electron chi connectivity index (χ2n) is 8.36. The summed E-state index contributed by atoms with van der Waals surface area (Å²) in [5, 5.41) is 15.6. The number of aromatic nitrogens is 2. The maximum absolute atomic E-state index is 12.7. The highest BCUT2D eigenvalue weighted by molar-refractivity contribution is 7.15. The molecule has 8 nitrogen and oxygen atoms in total. The second-order valence-corrected chi connectivity index (χ2v) is 9.81. The van der Waals surface area contributed by atoms with Gasteiger partial charge in [0, 0.05) is 46.8 Å². The van der Waals surface area contributed by atoms with Crippen LogP contribution in [0.5, 0.6) is 0 Å². The van der Waals surface area contributed by atoms with Gasteiger partial charge in [0.25, 0.3) is 5.91 Å². The molecule has 0 radical (unpaired) electrons. The van der Waals surface area contributed by atoms with Crippen LogP contribution in [0.4, 0.5) is 16.5 Å². The molecule has 0 aliphatic carbocycles. The lowest BCUT2D eigenvalue weighted by Gasteiger charge is -2.16. The SMILES string of the molecule is CCC(CC)C(=O)Nc1ccc(C(=O)Nc2nnc(C3CC(=O)N(c4ccc(Cl)cc4)C3)s2)cc1. The molecule has 0 spiro atoms. The van der Waals surface area contributed by atoms with Gasteiger partial charge in [-0.25, -0.2) is 0 Å². The van der Waals surface area contributed by atoms with Gasteiger partial charge in [0.1, 0.15) is 5.01 Å². The number of nitrogens with zero attached hydrogens (tertiary/aromatic N) is 3. The lowest BCUT2D eigenvalue weighted by molar-refractivity contribution is -0.120. The molecular weight excluding hydrogens is 486 g/mol. The fourth-order valence-electron chi connectivity index (χ4n) is 3.97. The molecule has 0 bridgehead atoms. The third kappa shape index (κ3) is 5.86.